The fraction of sp³-hybridized carbons (Fsp3) is 0.519. The van der Waals surface area contributed by atoms with E-state index in [9.17, 15) is 14.7 Å². The van der Waals surface area contributed by atoms with Crippen LogP contribution in [0, 0.1) is 0 Å². The Morgan fingerprint density at radius 2 is 2.00 bits per heavy atom. The average Bonchev–Trinajstić information content (AvgIpc) is 3.28. The van der Waals surface area contributed by atoms with Crippen LogP contribution in [0.2, 0.25) is 0 Å². The molecule has 0 saturated carbocycles. The second-order valence-electron chi connectivity index (χ2n) is 9.56. The third-order valence-electron chi connectivity index (χ3n) is 6.87. The van der Waals surface area contributed by atoms with Gasteiger partial charge in [0.15, 0.2) is 0 Å². The number of hydrogen-bond donors (Lipinski definition) is 3. The van der Waals surface area contributed by atoms with Crippen LogP contribution in [0.1, 0.15) is 61.3 Å². The van der Waals surface area contributed by atoms with Crippen molar-refractivity contribution in [1.82, 2.24) is 15.2 Å². The van der Waals surface area contributed by atoms with E-state index in [0.717, 1.165) is 75.4 Å². The number of aliphatic carboxylic acids is 1. The highest BCUT2D eigenvalue weighted by atomic mass is 16.4. The van der Waals surface area contributed by atoms with Crippen LogP contribution in [0.15, 0.2) is 42.5 Å². The number of nitrogens with one attached hydrogen (secondary N) is 2. The van der Waals surface area contributed by atoms with Gasteiger partial charge in [-0.3, -0.25) is 9.59 Å². The van der Waals surface area contributed by atoms with Gasteiger partial charge in [0.2, 0.25) is 5.91 Å². The van der Waals surface area contributed by atoms with Crippen LogP contribution in [0.5, 0.6) is 0 Å². The molecule has 2 atom stereocenters. The summed E-state index contributed by atoms with van der Waals surface area (Å²) in [6.45, 7) is 3.90. The van der Waals surface area contributed by atoms with E-state index in [2.05, 4.69) is 27.7 Å². The molecule has 2 aromatic rings. The van der Waals surface area contributed by atoms with E-state index in [0.29, 0.717) is 0 Å². The monoisotopic (exact) mass is 464 g/mol. The van der Waals surface area contributed by atoms with Gasteiger partial charge in [-0.05, 0) is 62.3 Å². The van der Waals surface area contributed by atoms with Gasteiger partial charge >= 0.3 is 5.97 Å². The van der Waals surface area contributed by atoms with Crippen molar-refractivity contribution in [2.75, 3.05) is 31.5 Å². The van der Waals surface area contributed by atoms with Crippen LogP contribution in [-0.2, 0) is 22.4 Å². The van der Waals surface area contributed by atoms with Crippen LogP contribution in [-0.4, -0.2) is 59.1 Å². The Bertz CT molecular complexity index is 966. The minimum atomic E-state index is -0.879. The standard InChI is InChI=1S/C27H36N4O3/c32-25(17-22(18-26(33)34)20-7-2-1-3-8-20)29-24-13-16-31(19-24)15-5-4-10-23-12-11-21-9-6-14-28-27(21)30-23/h1-3,7-8,11-12,22,24H,4-6,9-10,13-19H2,(H,28,30)(H,29,32)(H,33,34)/t22?,24-/m0/s1. The van der Waals surface area contributed by atoms with Crippen LogP contribution in [0.25, 0.3) is 0 Å². The first-order valence-electron chi connectivity index (χ1n) is 12.6. The minimum absolute atomic E-state index is 0.0383. The van der Waals surface area contributed by atoms with Crippen molar-refractivity contribution in [2.45, 2.75) is 63.3 Å². The quantitative estimate of drug-likeness (QED) is 0.440. The van der Waals surface area contributed by atoms with E-state index in [-0.39, 0.29) is 30.7 Å². The zero-order valence-corrected chi connectivity index (χ0v) is 19.8. The highest BCUT2D eigenvalue weighted by Gasteiger charge is 2.25. The summed E-state index contributed by atoms with van der Waals surface area (Å²) in [6, 6.07) is 14.0. The zero-order valence-electron chi connectivity index (χ0n) is 19.8. The highest BCUT2D eigenvalue weighted by Crippen LogP contribution is 2.24. The van der Waals surface area contributed by atoms with Gasteiger partial charge in [-0.1, -0.05) is 36.4 Å². The first-order chi connectivity index (χ1) is 16.6. The summed E-state index contributed by atoms with van der Waals surface area (Å²) in [4.78, 5) is 31.1. The summed E-state index contributed by atoms with van der Waals surface area (Å²) in [7, 11) is 0. The van der Waals surface area contributed by atoms with Crippen molar-refractivity contribution in [3.05, 3.63) is 59.3 Å². The van der Waals surface area contributed by atoms with Crippen molar-refractivity contribution in [2.24, 2.45) is 0 Å². The van der Waals surface area contributed by atoms with E-state index in [1.165, 1.54) is 12.0 Å². The number of carbonyl (C=O) groups is 2. The molecule has 34 heavy (non-hydrogen) atoms. The molecule has 3 N–H and O–H groups in total. The molecule has 1 unspecified atom stereocenters. The number of fused-ring (bicyclic) bond motifs is 1. The minimum Gasteiger partial charge on any atom is -0.481 e. The van der Waals surface area contributed by atoms with Gasteiger partial charge in [-0.15, -0.1) is 0 Å². The first-order valence-corrected chi connectivity index (χ1v) is 12.6. The lowest BCUT2D eigenvalue weighted by atomic mass is 9.92. The fourth-order valence-corrected chi connectivity index (χ4v) is 5.06. The third-order valence-corrected chi connectivity index (χ3v) is 6.87. The Morgan fingerprint density at radius 3 is 2.82 bits per heavy atom. The van der Waals surface area contributed by atoms with Crippen molar-refractivity contribution in [3.8, 4) is 0 Å². The second kappa shape index (κ2) is 12.0. The number of amides is 1. The van der Waals surface area contributed by atoms with Crippen molar-refractivity contribution in [1.29, 1.82) is 0 Å². The van der Waals surface area contributed by atoms with Gasteiger partial charge in [0.1, 0.15) is 5.82 Å². The SMILES string of the molecule is O=C(O)CC(CC(=O)N[C@H]1CCN(CCCCc2ccc3c(n2)NCCC3)C1)c1ccccc1. The van der Waals surface area contributed by atoms with E-state index < -0.39 is 5.97 Å². The first kappa shape index (κ1) is 24.2. The number of pyridine rings is 1. The van der Waals surface area contributed by atoms with Gasteiger partial charge in [-0.25, -0.2) is 4.98 Å². The summed E-state index contributed by atoms with van der Waals surface area (Å²) in [5.41, 5.74) is 3.39. The number of aromatic nitrogens is 1. The Kier molecular flexibility index (Phi) is 8.52. The van der Waals surface area contributed by atoms with Gasteiger partial charge in [0.25, 0.3) is 0 Å². The number of carboxylic acids is 1. The second-order valence-corrected chi connectivity index (χ2v) is 9.56. The fourth-order valence-electron chi connectivity index (χ4n) is 5.06. The van der Waals surface area contributed by atoms with Gasteiger partial charge in [0, 0.05) is 43.7 Å². The summed E-state index contributed by atoms with van der Waals surface area (Å²) >= 11 is 0. The number of anilines is 1. The summed E-state index contributed by atoms with van der Waals surface area (Å²) < 4.78 is 0. The van der Waals surface area contributed by atoms with Gasteiger partial charge < -0.3 is 20.6 Å². The van der Waals surface area contributed by atoms with Gasteiger partial charge in [0.05, 0.1) is 6.42 Å². The molecule has 4 rings (SSSR count). The van der Waals surface area contributed by atoms with Crippen LogP contribution < -0.4 is 10.6 Å². The summed E-state index contributed by atoms with van der Waals surface area (Å²) in [5.74, 6) is -0.173. The molecule has 7 heteroatoms. The molecule has 1 saturated heterocycles. The largest absolute Gasteiger partial charge is 0.481 e. The lowest BCUT2D eigenvalue weighted by Gasteiger charge is -2.19. The molecule has 0 aliphatic carbocycles. The van der Waals surface area contributed by atoms with Crippen molar-refractivity contribution in [3.63, 3.8) is 0 Å². The molecule has 1 aromatic heterocycles. The molecule has 0 bridgehead atoms. The van der Waals surface area contributed by atoms with Crippen molar-refractivity contribution >= 4 is 17.7 Å². The number of benzene rings is 1. The Hall–Kier alpha value is -2.93. The number of rotatable bonds is 11. The maximum atomic E-state index is 12.7. The number of nitrogens with zero attached hydrogens (tertiary/aromatic N) is 2. The summed E-state index contributed by atoms with van der Waals surface area (Å²) in [5, 5.41) is 15.8. The maximum absolute atomic E-state index is 12.7. The normalized spacial score (nSPS) is 18.6. The number of carbonyl (C=O) groups excluding carboxylic acids is 1. The van der Waals surface area contributed by atoms with Crippen LogP contribution in [0.3, 0.4) is 0 Å². The maximum Gasteiger partial charge on any atom is 0.303 e. The molecule has 2 aliphatic rings. The molecule has 1 amide bonds. The van der Waals surface area contributed by atoms with Crippen molar-refractivity contribution < 1.29 is 14.7 Å². The summed E-state index contributed by atoms with van der Waals surface area (Å²) in [6.07, 6.45) is 6.62. The number of carboxylic acid groups (broad SMARTS) is 1. The van der Waals surface area contributed by atoms with E-state index >= 15 is 0 Å². The van der Waals surface area contributed by atoms with Gasteiger partial charge in [-0.2, -0.15) is 0 Å². The van der Waals surface area contributed by atoms with E-state index in [1.807, 2.05) is 30.3 Å². The lowest BCUT2D eigenvalue weighted by Crippen LogP contribution is -2.38. The highest BCUT2D eigenvalue weighted by molar-refractivity contribution is 5.78. The van der Waals surface area contributed by atoms with E-state index in [4.69, 9.17) is 4.98 Å². The number of aryl methyl sites for hydroxylation is 2. The molecule has 2 aliphatic heterocycles. The number of hydrogen-bond acceptors (Lipinski definition) is 5. The van der Waals surface area contributed by atoms with Crippen LogP contribution in [0.4, 0.5) is 5.82 Å². The average molecular weight is 465 g/mol. The Morgan fingerprint density at radius 1 is 1.15 bits per heavy atom. The molecule has 1 aromatic carbocycles. The Balaban J connectivity index is 1.16. The van der Waals surface area contributed by atoms with E-state index in [1.54, 1.807) is 0 Å². The molecule has 3 heterocycles. The molecular formula is C27H36N4O3. The molecule has 7 nitrogen and oxygen atoms in total. The molecular weight excluding hydrogens is 428 g/mol. The third kappa shape index (κ3) is 7.03. The number of unbranched alkanes of at least 4 members (excludes halogenated alkanes) is 1. The Labute approximate surface area is 202 Å². The smallest absolute Gasteiger partial charge is 0.303 e. The van der Waals surface area contributed by atoms with Crippen LogP contribution >= 0.6 is 0 Å². The predicted molar refractivity (Wildman–Crippen MR) is 133 cm³/mol. The zero-order chi connectivity index (χ0) is 23.8. The molecule has 0 radical (unpaired) electrons. The predicted octanol–water partition coefficient (Wildman–Crippen LogP) is 3.60. The lowest BCUT2D eigenvalue weighted by molar-refractivity contribution is -0.137. The topological polar surface area (TPSA) is 94.6 Å². The molecule has 0 spiro atoms. The number of likely N-dealkylation sites (tertiary alicyclic amines) is 1. The molecule has 182 valence electrons. The molecule has 1 fully saturated rings.